The highest BCUT2D eigenvalue weighted by molar-refractivity contribution is 5.94. The molecule has 0 spiro atoms. The molecule has 1 aliphatic heterocycles. The van der Waals surface area contributed by atoms with Gasteiger partial charge in [0.15, 0.2) is 0 Å². The summed E-state index contributed by atoms with van der Waals surface area (Å²) in [5.74, 6) is -0.600. The number of carbonyl (C=O) groups excluding carboxylic acids is 1. The molecule has 1 N–H and O–H groups in total. The van der Waals surface area contributed by atoms with Crippen LogP contribution in [-0.4, -0.2) is 62.5 Å². The van der Waals surface area contributed by atoms with Gasteiger partial charge in [0.05, 0.1) is 11.0 Å². The van der Waals surface area contributed by atoms with Gasteiger partial charge in [0.2, 0.25) is 0 Å². The zero-order valence-corrected chi connectivity index (χ0v) is 20.4. The van der Waals surface area contributed by atoms with Gasteiger partial charge in [0, 0.05) is 75.9 Å². The first-order valence-electron chi connectivity index (χ1n) is 11.9. The highest BCUT2D eigenvalue weighted by atomic mass is 19.1. The molecular weight excluding hydrogens is 461 g/mol. The molecule has 1 saturated heterocycles. The third kappa shape index (κ3) is 5.98. The van der Waals surface area contributed by atoms with Crippen LogP contribution in [0.1, 0.15) is 22.0 Å². The predicted molar refractivity (Wildman–Crippen MR) is 139 cm³/mol. The Bertz CT molecular complexity index is 1190. The normalized spacial score (nSPS) is 14.8. The van der Waals surface area contributed by atoms with Crippen molar-refractivity contribution in [2.45, 2.75) is 6.04 Å². The zero-order chi connectivity index (χ0) is 25.7. The molecule has 1 unspecified atom stereocenters. The summed E-state index contributed by atoms with van der Waals surface area (Å²) in [5.41, 5.74) is 3.29. The number of nitrogens with zero attached hydrogens (tertiary/aromatic N) is 4. The Morgan fingerprint density at radius 2 is 1.69 bits per heavy atom. The van der Waals surface area contributed by atoms with E-state index in [-0.39, 0.29) is 29.0 Å². The Labute approximate surface area is 210 Å². The maximum Gasteiger partial charge on any atom is 0.270 e. The van der Waals surface area contributed by atoms with Gasteiger partial charge >= 0.3 is 0 Å². The SMILES string of the molecule is CN(C)c1ccc(C(CNC(=O)c2cccc([N+](=O)[O-])c2)N2CCN(c3ccc(F)cc3)CC2)cc1. The number of nitro benzene ring substituents is 1. The molecule has 9 heteroatoms. The number of nitrogens with one attached hydrogen (secondary N) is 1. The Hall–Kier alpha value is -3.98. The van der Waals surface area contributed by atoms with Gasteiger partial charge in [-0.2, -0.15) is 0 Å². The van der Waals surface area contributed by atoms with Gasteiger partial charge in [-0.25, -0.2) is 4.39 Å². The Kier molecular flexibility index (Phi) is 7.80. The first-order valence-corrected chi connectivity index (χ1v) is 11.9. The fraction of sp³-hybridized carbons (Fsp3) is 0.296. The number of hydrogen-bond acceptors (Lipinski definition) is 6. The molecular formula is C27H30FN5O3. The molecule has 3 aromatic rings. The smallest absolute Gasteiger partial charge is 0.270 e. The third-order valence-corrected chi connectivity index (χ3v) is 6.52. The van der Waals surface area contributed by atoms with Crippen LogP contribution >= 0.6 is 0 Å². The van der Waals surface area contributed by atoms with E-state index in [1.165, 1.54) is 30.3 Å². The summed E-state index contributed by atoms with van der Waals surface area (Å²) in [6.07, 6.45) is 0. The number of non-ortho nitro benzene ring substituents is 1. The topological polar surface area (TPSA) is 82.0 Å². The average Bonchev–Trinajstić information content (AvgIpc) is 2.90. The quantitative estimate of drug-likeness (QED) is 0.378. The Morgan fingerprint density at radius 3 is 2.31 bits per heavy atom. The van der Waals surface area contributed by atoms with Crippen molar-refractivity contribution in [2.24, 2.45) is 0 Å². The lowest BCUT2D eigenvalue weighted by atomic mass is 10.0. The molecule has 0 radical (unpaired) electrons. The van der Waals surface area contributed by atoms with Crippen LogP contribution in [0.3, 0.4) is 0 Å². The lowest BCUT2D eigenvalue weighted by Gasteiger charge is -2.40. The molecule has 36 heavy (non-hydrogen) atoms. The minimum atomic E-state index is -0.507. The summed E-state index contributed by atoms with van der Waals surface area (Å²) in [5, 5.41) is 14.1. The van der Waals surface area contributed by atoms with Crippen LogP contribution in [-0.2, 0) is 0 Å². The second-order valence-corrected chi connectivity index (χ2v) is 9.02. The monoisotopic (exact) mass is 491 g/mol. The Morgan fingerprint density at radius 1 is 1.03 bits per heavy atom. The molecule has 8 nitrogen and oxygen atoms in total. The molecule has 0 aliphatic carbocycles. The van der Waals surface area contributed by atoms with Crippen molar-refractivity contribution < 1.29 is 14.1 Å². The second kappa shape index (κ2) is 11.2. The van der Waals surface area contributed by atoms with Crippen LogP contribution in [0, 0.1) is 15.9 Å². The molecule has 4 rings (SSSR count). The average molecular weight is 492 g/mol. The van der Waals surface area contributed by atoms with Crippen LogP contribution in [0.25, 0.3) is 0 Å². The lowest BCUT2D eigenvalue weighted by Crippen LogP contribution is -2.50. The van der Waals surface area contributed by atoms with Gasteiger partial charge in [0.25, 0.3) is 11.6 Å². The van der Waals surface area contributed by atoms with E-state index in [1.807, 2.05) is 19.0 Å². The maximum absolute atomic E-state index is 13.3. The number of anilines is 2. The summed E-state index contributed by atoms with van der Waals surface area (Å²) in [6, 6.07) is 20.5. The van der Waals surface area contributed by atoms with Crippen molar-refractivity contribution in [1.29, 1.82) is 0 Å². The van der Waals surface area contributed by atoms with Gasteiger partial charge in [0.1, 0.15) is 5.82 Å². The van der Waals surface area contributed by atoms with Crippen molar-refractivity contribution >= 4 is 23.0 Å². The summed E-state index contributed by atoms with van der Waals surface area (Å²) >= 11 is 0. The molecule has 188 valence electrons. The van der Waals surface area contributed by atoms with Gasteiger partial charge in [-0.3, -0.25) is 19.8 Å². The van der Waals surface area contributed by atoms with Crippen LogP contribution < -0.4 is 15.1 Å². The molecule has 0 bridgehead atoms. The van der Waals surface area contributed by atoms with E-state index in [0.29, 0.717) is 6.54 Å². The van der Waals surface area contributed by atoms with Crippen LogP contribution in [0.15, 0.2) is 72.8 Å². The highest BCUT2D eigenvalue weighted by Gasteiger charge is 2.26. The third-order valence-electron chi connectivity index (χ3n) is 6.52. The van der Waals surface area contributed by atoms with E-state index in [1.54, 1.807) is 18.2 Å². The van der Waals surface area contributed by atoms with E-state index in [2.05, 4.69) is 39.4 Å². The number of amides is 1. The standard InChI is InChI=1S/C27H30FN5O3/c1-30(2)23-10-6-20(7-11-23)26(19-29-27(34)21-4-3-5-25(18-21)33(35)36)32-16-14-31(15-17-32)24-12-8-22(28)9-13-24/h3-13,18,26H,14-17,19H2,1-2H3,(H,29,34). The lowest BCUT2D eigenvalue weighted by molar-refractivity contribution is -0.384. The number of rotatable bonds is 8. The fourth-order valence-corrected chi connectivity index (χ4v) is 4.45. The molecule has 0 aromatic heterocycles. The van der Waals surface area contributed by atoms with E-state index in [0.717, 1.165) is 43.1 Å². The van der Waals surface area contributed by atoms with Crippen molar-refractivity contribution in [3.05, 3.63) is 99.9 Å². The van der Waals surface area contributed by atoms with E-state index in [9.17, 15) is 19.3 Å². The predicted octanol–water partition coefficient (Wildman–Crippen LogP) is 4.09. The van der Waals surface area contributed by atoms with E-state index in [4.69, 9.17) is 0 Å². The van der Waals surface area contributed by atoms with E-state index >= 15 is 0 Å². The number of benzene rings is 3. The van der Waals surface area contributed by atoms with Crippen molar-refractivity contribution in [3.63, 3.8) is 0 Å². The first-order chi connectivity index (χ1) is 17.3. The molecule has 3 aromatic carbocycles. The zero-order valence-electron chi connectivity index (χ0n) is 20.4. The summed E-state index contributed by atoms with van der Waals surface area (Å²) in [7, 11) is 3.97. The molecule has 1 amide bonds. The van der Waals surface area contributed by atoms with E-state index < -0.39 is 4.92 Å². The molecule has 0 saturated carbocycles. The number of carbonyl (C=O) groups is 1. The van der Waals surface area contributed by atoms with Gasteiger partial charge < -0.3 is 15.1 Å². The number of nitro groups is 1. The second-order valence-electron chi connectivity index (χ2n) is 9.02. The van der Waals surface area contributed by atoms with Gasteiger partial charge in [-0.15, -0.1) is 0 Å². The summed E-state index contributed by atoms with van der Waals surface area (Å²) < 4.78 is 13.3. The molecule has 1 fully saturated rings. The van der Waals surface area contributed by atoms with Crippen molar-refractivity contribution in [2.75, 3.05) is 56.6 Å². The Balaban J connectivity index is 1.49. The molecule has 1 atom stereocenters. The van der Waals surface area contributed by atoms with Gasteiger partial charge in [-0.05, 0) is 48.0 Å². The number of hydrogen-bond donors (Lipinski definition) is 1. The first kappa shape index (κ1) is 25.1. The largest absolute Gasteiger partial charge is 0.378 e. The van der Waals surface area contributed by atoms with Crippen LogP contribution in [0.4, 0.5) is 21.5 Å². The van der Waals surface area contributed by atoms with Gasteiger partial charge in [-0.1, -0.05) is 18.2 Å². The van der Waals surface area contributed by atoms with Crippen molar-refractivity contribution in [3.8, 4) is 0 Å². The highest BCUT2D eigenvalue weighted by Crippen LogP contribution is 2.26. The number of piperazine rings is 1. The number of halogens is 1. The van der Waals surface area contributed by atoms with Crippen LogP contribution in [0.2, 0.25) is 0 Å². The summed E-state index contributed by atoms with van der Waals surface area (Å²) in [6.45, 7) is 3.45. The molecule has 1 aliphatic rings. The minimum Gasteiger partial charge on any atom is -0.378 e. The maximum atomic E-state index is 13.3. The molecule has 1 heterocycles. The summed E-state index contributed by atoms with van der Waals surface area (Å²) in [4.78, 5) is 30.0. The minimum absolute atomic E-state index is 0.0702. The fourth-order valence-electron chi connectivity index (χ4n) is 4.45. The van der Waals surface area contributed by atoms with Crippen molar-refractivity contribution in [1.82, 2.24) is 10.2 Å². The van der Waals surface area contributed by atoms with Crippen LogP contribution in [0.5, 0.6) is 0 Å².